The molecule has 1 saturated heterocycles. The summed E-state index contributed by atoms with van der Waals surface area (Å²) in [6, 6.07) is 4.51. The molecule has 2 atom stereocenters. The first-order chi connectivity index (χ1) is 7.52. The van der Waals surface area contributed by atoms with E-state index in [0.29, 0.717) is 18.4 Å². The van der Waals surface area contributed by atoms with Gasteiger partial charge in [0, 0.05) is 22.8 Å². The number of rotatable bonds is 3. The Kier molecular flexibility index (Phi) is 3.06. The van der Waals surface area contributed by atoms with Gasteiger partial charge in [0.05, 0.1) is 0 Å². The first-order valence-corrected chi connectivity index (χ1v) is 6.73. The highest BCUT2D eigenvalue weighted by atomic mass is 32.1. The number of thiophene rings is 1. The van der Waals surface area contributed by atoms with Gasteiger partial charge >= 0.3 is 0 Å². The maximum atomic E-state index is 11.6. The minimum absolute atomic E-state index is 0.00444. The largest absolute Gasteiger partial charge is 0.352 e. The Morgan fingerprint density at radius 3 is 2.94 bits per heavy atom. The van der Waals surface area contributed by atoms with E-state index < -0.39 is 0 Å². The van der Waals surface area contributed by atoms with E-state index >= 15 is 0 Å². The van der Waals surface area contributed by atoms with E-state index in [4.69, 9.17) is 0 Å². The van der Waals surface area contributed by atoms with Crippen molar-refractivity contribution in [3.05, 3.63) is 22.4 Å². The van der Waals surface area contributed by atoms with Crippen LogP contribution in [0.3, 0.4) is 0 Å². The molecule has 1 amide bonds. The van der Waals surface area contributed by atoms with Crippen LogP contribution in [0.15, 0.2) is 17.5 Å². The van der Waals surface area contributed by atoms with Crippen LogP contribution in [0.1, 0.15) is 38.5 Å². The third-order valence-corrected chi connectivity index (χ3v) is 4.57. The van der Waals surface area contributed by atoms with Gasteiger partial charge in [0.2, 0.25) is 5.91 Å². The van der Waals surface area contributed by atoms with Gasteiger partial charge in [0.25, 0.3) is 0 Å². The van der Waals surface area contributed by atoms with Crippen LogP contribution in [0.2, 0.25) is 0 Å². The lowest BCUT2D eigenvalue weighted by Gasteiger charge is -2.30. The van der Waals surface area contributed by atoms with Gasteiger partial charge in [-0.05, 0) is 23.8 Å². The molecule has 0 radical (unpaired) electrons. The van der Waals surface area contributed by atoms with Gasteiger partial charge < -0.3 is 5.32 Å². The topological polar surface area (TPSA) is 29.1 Å². The maximum absolute atomic E-state index is 11.6. The highest BCUT2D eigenvalue weighted by molar-refractivity contribution is 7.10. The van der Waals surface area contributed by atoms with E-state index in [2.05, 4.69) is 43.6 Å². The monoisotopic (exact) mass is 237 g/mol. The SMILES string of the molecule is CC(C)CC1NC(=O)CC1(C)c1cccs1. The van der Waals surface area contributed by atoms with Gasteiger partial charge in [-0.1, -0.05) is 26.8 Å². The average Bonchev–Trinajstić information content (AvgIpc) is 2.75. The highest BCUT2D eigenvalue weighted by Crippen LogP contribution is 2.40. The molecule has 3 heteroatoms. The Labute approximate surface area is 101 Å². The van der Waals surface area contributed by atoms with Gasteiger partial charge in [-0.15, -0.1) is 11.3 Å². The van der Waals surface area contributed by atoms with E-state index in [1.165, 1.54) is 4.88 Å². The summed E-state index contributed by atoms with van der Waals surface area (Å²) in [7, 11) is 0. The Balaban J connectivity index is 2.26. The van der Waals surface area contributed by atoms with E-state index in [1.807, 2.05) is 0 Å². The van der Waals surface area contributed by atoms with Crippen LogP contribution in [0.25, 0.3) is 0 Å². The zero-order chi connectivity index (χ0) is 11.8. The lowest BCUT2D eigenvalue weighted by molar-refractivity contribution is -0.119. The lowest BCUT2D eigenvalue weighted by atomic mass is 9.78. The van der Waals surface area contributed by atoms with E-state index in [9.17, 15) is 4.79 Å². The zero-order valence-corrected chi connectivity index (χ0v) is 10.9. The molecule has 88 valence electrons. The summed E-state index contributed by atoms with van der Waals surface area (Å²) < 4.78 is 0. The average molecular weight is 237 g/mol. The number of nitrogens with one attached hydrogen (secondary N) is 1. The lowest BCUT2D eigenvalue weighted by Crippen LogP contribution is -2.38. The van der Waals surface area contributed by atoms with Gasteiger partial charge in [0.15, 0.2) is 0 Å². The molecule has 0 spiro atoms. The van der Waals surface area contributed by atoms with E-state index in [-0.39, 0.29) is 11.3 Å². The van der Waals surface area contributed by atoms with Gasteiger partial charge in [0.1, 0.15) is 0 Å². The number of carbonyl (C=O) groups is 1. The molecule has 1 N–H and O–H groups in total. The molecule has 16 heavy (non-hydrogen) atoms. The molecule has 0 bridgehead atoms. The summed E-state index contributed by atoms with van der Waals surface area (Å²) in [4.78, 5) is 13.0. The van der Waals surface area contributed by atoms with Crippen molar-refractivity contribution in [2.24, 2.45) is 5.92 Å². The normalized spacial score (nSPS) is 29.8. The van der Waals surface area contributed by atoms with Crippen molar-refractivity contribution in [3.63, 3.8) is 0 Å². The Hall–Kier alpha value is -0.830. The number of carbonyl (C=O) groups excluding carboxylic acids is 1. The molecule has 2 heterocycles. The van der Waals surface area contributed by atoms with Crippen molar-refractivity contribution in [2.75, 3.05) is 0 Å². The molecule has 1 aromatic heterocycles. The van der Waals surface area contributed by atoms with Crippen LogP contribution >= 0.6 is 11.3 Å². The molecule has 1 aliphatic rings. The minimum atomic E-state index is -0.00444. The fraction of sp³-hybridized carbons (Fsp3) is 0.615. The fourth-order valence-corrected chi connectivity index (χ4v) is 3.46. The second kappa shape index (κ2) is 4.21. The molecular weight excluding hydrogens is 218 g/mol. The second-order valence-electron chi connectivity index (χ2n) is 5.32. The standard InChI is InChI=1S/C13H19NOS/c1-9(2)7-10-13(3,8-12(15)14-10)11-5-4-6-16-11/h4-6,9-10H,7-8H2,1-3H3,(H,14,15). The molecule has 0 saturated carbocycles. The van der Waals surface area contributed by atoms with Crippen molar-refractivity contribution in [3.8, 4) is 0 Å². The smallest absolute Gasteiger partial charge is 0.221 e. The van der Waals surface area contributed by atoms with Gasteiger partial charge in [-0.3, -0.25) is 4.79 Å². The molecule has 0 aliphatic carbocycles. The van der Waals surface area contributed by atoms with Crippen molar-refractivity contribution in [1.29, 1.82) is 0 Å². The zero-order valence-electron chi connectivity index (χ0n) is 10.1. The van der Waals surface area contributed by atoms with Crippen molar-refractivity contribution in [1.82, 2.24) is 5.32 Å². The third kappa shape index (κ3) is 2.01. The number of hydrogen-bond acceptors (Lipinski definition) is 2. The van der Waals surface area contributed by atoms with E-state index in [1.54, 1.807) is 11.3 Å². The van der Waals surface area contributed by atoms with Crippen LogP contribution in [-0.4, -0.2) is 11.9 Å². The summed E-state index contributed by atoms with van der Waals surface area (Å²) in [6.45, 7) is 6.63. The molecule has 2 unspecified atom stereocenters. The molecular formula is C13H19NOS. The first-order valence-electron chi connectivity index (χ1n) is 5.85. The first kappa shape index (κ1) is 11.6. The molecule has 2 nitrogen and oxygen atoms in total. The minimum Gasteiger partial charge on any atom is -0.352 e. The molecule has 1 fully saturated rings. The van der Waals surface area contributed by atoms with Crippen LogP contribution < -0.4 is 5.32 Å². The van der Waals surface area contributed by atoms with Crippen LogP contribution in [0.4, 0.5) is 0 Å². The summed E-state index contributed by atoms with van der Waals surface area (Å²) >= 11 is 1.76. The van der Waals surface area contributed by atoms with Crippen LogP contribution in [0, 0.1) is 5.92 Å². The Bertz CT molecular complexity index is 371. The Morgan fingerprint density at radius 1 is 1.62 bits per heavy atom. The van der Waals surface area contributed by atoms with Crippen LogP contribution in [0.5, 0.6) is 0 Å². The summed E-state index contributed by atoms with van der Waals surface area (Å²) in [5.74, 6) is 0.809. The fourth-order valence-electron chi connectivity index (χ4n) is 2.51. The molecule has 0 aromatic carbocycles. The third-order valence-electron chi connectivity index (χ3n) is 3.42. The molecule has 1 aliphatic heterocycles. The number of amides is 1. The van der Waals surface area contributed by atoms with Crippen molar-refractivity contribution >= 4 is 17.2 Å². The second-order valence-corrected chi connectivity index (χ2v) is 6.27. The quantitative estimate of drug-likeness (QED) is 0.860. The van der Waals surface area contributed by atoms with Crippen molar-refractivity contribution < 1.29 is 4.79 Å². The predicted octanol–water partition coefficient (Wildman–Crippen LogP) is 2.94. The van der Waals surface area contributed by atoms with Gasteiger partial charge in [-0.2, -0.15) is 0 Å². The van der Waals surface area contributed by atoms with E-state index in [0.717, 1.165) is 6.42 Å². The predicted molar refractivity (Wildman–Crippen MR) is 67.7 cm³/mol. The summed E-state index contributed by atoms with van der Waals surface area (Å²) in [5.41, 5.74) is -0.00444. The number of hydrogen-bond donors (Lipinski definition) is 1. The highest BCUT2D eigenvalue weighted by Gasteiger charge is 2.44. The van der Waals surface area contributed by atoms with Crippen LogP contribution in [-0.2, 0) is 10.2 Å². The summed E-state index contributed by atoms with van der Waals surface area (Å²) in [5, 5.41) is 5.22. The summed E-state index contributed by atoms with van der Waals surface area (Å²) in [6.07, 6.45) is 1.69. The maximum Gasteiger partial charge on any atom is 0.221 e. The van der Waals surface area contributed by atoms with Crippen molar-refractivity contribution in [2.45, 2.75) is 45.1 Å². The Morgan fingerprint density at radius 2 is 2.38 bits per heavy atom. The van der Waals surface area contributed by atoms with Gasteiger partial charge in [-0.25, -0.2) is 0 Å². The molecule has 2 rings (SSSR count). The molecule has 1 aromatic rings.